The Labute approximate surface area is 303 Å². The SMILES string of the molecule is COC[C@@H]1NC(=O)CC/C=C\[C@@H]2O[C@@]34C=CCN(c5ccc6ccccc6c5)C(=O)[C@@H]3N(CCCCCO)C(=O)[C@H]4[C@@H]2C(=O)O[C@H]1c1ccccc1. The number of hydrogen-bond acceptors (Lipinski definition) is 8. The summed E-state index contributed by atoms with van der Waals surface area (Å²) >= 11 is 0. The third-order valence-electron chi connectivity index (χ3n) is 10.7. The van der Waals surface area contributed by atoms with Crippen molar-refractivity contribution in [2.75, 3.05) is 38.3 Å². The molecule has 2 saturated heterocycles. The van der Waals surface area contributed by atoms with Gasteiger partial charge in [0.15, 0.2) is 0 Å². The van der Waals surface area contributed by atoms with E-state index < -0.39 is 47.7 Å². The monoisotopic (exact) mass is 707 g/mol. The molecule has 3 aromatic rings. The van der Waals surface area contributed by atoms with E-state index in [1.165, 1.54) is 7.11 Å². The van der Waals surface area contributed by atoms with Gasteiger partial charge < -0.3 is 34.4 Å². The van der Waals surface area contributed by atoms with E-state index in [0.29, 0.717) is 36.9 Å². The number of ether oxygens (including phenoxy) is 3. The molecule has 3 amide bonds. The van der Waals surface area contributed by atoms with Crippen molar-refractivity contribution in [1.82, 2.24) is 10.2 Å². The van der Waals surface area contributed by atoms with Crippen LogP contribution in [0.25, 0.3) is 10.8 Å². The van der Waals surface area contributed by atoms with E-state index in [0.717, 1.165) is 10.8 Å². The lowest BCUT2D eigenvalue weighted by Crippen LogP contribution is -2.55. The number of methoxy groups -OCH3 is 1. The summed E-state index contributed by atoms with van der Waals surface area (Å²) in [6.45, 7) is 0.611. The highest BCUT2D eigenvalue weighted by molar-refractivity contribution is 6.06. The fourth-order valence-corrected chi connectivity index (χ4v) is 8.28. The molecule has 2 N–H and O–H groups in total. The summed E-state index contributed by atoms with van der Waals surface area (Å²) in [4.78, 5) is 60.7. The molecule has 11 heteroatoms. The maximum atomic E-state index is 14.9. The van der Waals surface area contributed by atoms with Crippen LogP contribution in [0, 0.1) is 11.8 Å². The van der Waals surface area contributed by atoms with E-state index in [-0.39, 0.29) is 50.4 Å². The summed E-state index contributed by atoms with van der Waals surface area (Å²) in [5, 5.41) is 14.5. The van der Waals surface area contributed by atoms with E-state index >= 15 is 0 Å². The Hall–Kier alpha value is -4.84. The third kappa shape index (κ3) is 6.64. The maximum absolute atomic E-state index is 14.9. The van der Waals surface area contributed by atoms with Crippen LogP contribution in [0.5, 0.6) is 0 Å². The van der Waals surface area contributed by atoms with Crippen LogP contribution in [0.1, 0.15) is 43.8 Å². The van der Waals surface area contributed by atoms with Gasteiger partial charge in [-0.25, -0.2) is 0 Å². The van der Waals surface area contributed by atoms with Crippen LogP contribution in [-0.4, -0.2) is 90.9 Å². The summed E-state index contributed by atoms with van der Waals surface area (Å²) in [5.41, 5.74) is -0.109. The number of likely N-dealkylation sites (tertiary alicyclic amines) is 1. The Morgan fingerprint density at radius 2 is 1.71 bits per heavy atom. The zero-order chi connectivity index (χ0) is 36.2. The van der Waals surface area contributed by atoms with Crippen LogP contribution in [0.15, 0.2) is 97.1 Å². The van der Waals surface area contributed by atoms with Gasteiger partial charge in [-0.05, 0) is 54.2 Å². The lowest BCUT2D eigenvalue weighted by atomic mass is 9.77. The lowest BCUT2D eigenvalue weighted by Gasteiger charge is -2.35. The van der Waals surface area contributed by atoms with Gasteiger partial charge in [0.25, 0.3) is 5.91 Å². The predicted octanol–water partition coefficient (Wildman–Crippen LogP) is 4.25. The number of anilines is 1. The standard InChI is InChI=1S/C41H45N3O8/c1-50-26-31-36(28-14-4-2-5-15-28)51-40(49)34-32(17-8-9-18-33(46)42-31)52-41-21-12-23-43(30-20-19-27-13-6-7-16-29(27)25-30)39(48)37(41)44(38(47)35(34)41)22-10-3-11-24-45/h2,4-8,12-17,19-21,25,31-32,34-37,45H,3,9-11,18,22-24,26H2,1H3,(H,42,46)/b17-8-/t31-,32-,34+,35+,36-,37-,41+/m0/s1. The van der Waals surface area contributed by atoms with Crippen molar-refractivity contribution < 1.29 is 38.5 Å². The number of hydrogen-bond donors (Lipinski definition) is 2. The number of benzene rings is 3. The number of fused-ring (bicyclic) bond motifs is 3. The van der Waals surface area contributed by atoms with Gasteiger partial charge >= 0.3 is 5.97 Å². The number of nitrogens with one attached hydrogen (secondary N) is 1. The molecule has 0 radical (unpaired) electrons. The van der Waals surface area contributed by atoms with Gasteiger partial charge in [0.05, 0.1) is 24.7 Å². The molecule has 0 aromatic heterocycles. The zero-order valence-corrected chi connectivity index (χ0v) is 29.3. The van der Waals surface area contributed by atoms with Crippen molar-refractivity contribution in [2.24, 2.45) is 11.8 Å². The minimum atomic E-state index is -1.46. The molecule has 4 aliphatic rings. The topological polar surface area (TPSA) is 135 Å². The maximum Gasteiger partial charge on any atom is 0.313 e. The summed E-state index contributed by atoms with van der Waals surface area (Å²) in [7, 11) is 1.52. The second kappa shape index (κ2) is 15.4. The number of carbonyl (C=O) groups excluding carboxylic acids is 4. The van der Waals surface area contributed by atoms with Crippen molar-refractivity contribution in [2.45, 2.75) is 62.0 Å². The number of esters is 1. The third-order valence-corrected chi connectivity index (χ3v) is 10.7. The van der Waals surface area contributed by atoms with Gasteiger partial charge in [-0.15, -0.1) is 0 Å². The van der Waals surface area contributed by atoms with E-state index in [1.54, 1.807) is 22.0 Å². The number of aliphatic hydroxyl groups excluding tert-OH is 1. The molecule has 11 nitrogen and oxygen atoms in total. The zero-order valence-electron chi connectivity index (χ0n) is 29.3. The second-order valence-corrected chi connectivity index (χ2v) is 13.9. The fourth-order valence-electron chi connectivity index (χ4n) is 8.28. The average Bonchev–Trinajstić information content (AvgIpc) is 3.54. The minimum Gasteiger partial charge on any atom is -0.455 e. The first-order chi connectivity index (χ1) is 25.4. The summed E-state index contributed by atoms with van der Waals surface area (Å²) < 4.78 is 18.7. The van der Waals surface area contributed by atoms with E-state index in [1.807, 2.05) is 84.9 Å². The molecule has 3 aromatic carbocycles. The van der Waals surface area contributed by atoms with Gasteiger partial charge in [-0.2, -0.15) is 0 Å². The number of cyclic esters (lactones) is 1. The van der Waals surface area contributed by atoms with Crippen molar-refractivity contribution in [3.8, 4) is 0 Å². The molecule has 7 atom stereocenters. The first kappa shape index (κ1) is 35.6. The molecular weight excluding hydrogens is 662 g/mol. The molecule has 52 heavy (non-hydrogen) atoms. The average molecular weight is 708 g/mol. The summed E-state index contributed by atoms with van der Waals surface area (Å²) in [6.07, 6.45) is 7.72. The summed E-state index contributed by atoms with van der Waals surface area (Å²) in [5.74, 6) is -3.67. The molecule has 0 saturated carbocycles. The first-order valence-corrected chi connectivity index (χ1v) is 18.1. The molecule has 0 unspecified atom stereocenters. The molecule has 0 aliphatic carbocycles. The number of nitrogens with zero attached hydrogens (tertiary/aromatic N) is 2. The number of rotatable bonds is 9. The van der Waals surface area contributed by atoms with Gasteiger partial charge in [0.1, 0.15) is 23.7 Å². The van der Waals surface area contributed by atoms with Crippen LogP contribution in [0.3, 0.4) is 0 Å². The van der Waals surface area contributed by atoms with Crippen LogP contribution in [0.2, 0.25) is 0 Å². The van der Waals surface area contributed by atoms with E-state index in [4.69, 9.17) is 14.2 Å². The van der Waals surface area contributed by atoms with Gasteiger partial charge in [0, 0.05) is 38.9 Å². The predicted molar refractivity (Wildman–Crippen MR) is 194 cm³/mol. The van der Waals surface area contributed by atoms with Crippen molar-refractivity contribution in [3.05, 3.63) is 103 Å². The Balaban J connectivity index is 1.30. The Morgan fingerprint density at radius 1 is 0.923 bits per heavy atom. The smallest absolute Gasteiger partial charge is 0.313 e. The lowest BCUT2D eigenvalue weighted by molar-refractivity contribution is -0.162. The van der Waals surface area contributed by atoms with Crippen LogP contribution in [0.4, 0.5) is 5.69 Å². The quantitative estimate of drug-likeness (QED) is 0.192. The highest BCUT2D eigenvalue weighted by Crippen LogP contribution is 2.53. The first-order valence-electron chi connectivity index (χ1n) is 18.1. The second-order valence-electron chi connectivity index (χ2n) is 13.9. The summed E-state index contributed by atoms with van der Waals surface area (Å²) in [6, 6.07) is 21.2. The number of carbonyl (C=O) groups is 4. The minimum absolute atomic E-state index is 0.0273. The van der Waals surface area contributed by atoms with Crippen LogP contribution in [-0.2, 0) is 33.4 Å². The molecule has 2 fully saturated rings. The number of amides is 3. The normalized spacial score (nSPS) is 29.7. The van der Waals surface area contributed by atoms with Crippen molar-refractivity contribution >= 4 is 40.2 Å². The molecule has 1 spiro atoms. The van der Waals surface area contributed by atoms with E-state index in [2.05, 4.69) is 5.32 Å². The Bertz CT molecular complexity index is 1860. The van der Waals surface area contributed by atoms with E-state index in [9.17, 15) is 24.3 Å². The number of unbranched alkanes of at least 4 members (excludes halogenated alkanes) is 2. The number of allylic oxidation sites excluding steroid dienone is 1. The Kier molecular flexibility index (Phi) is 10.5. The van der Waals surface area contributed by atoms with Gasteiger partial charge in [-0.3, -0.25) is 19.2 Å². The molecule has 4 heterocycles. The largest absolute Gasteiger partial charge is 0.455 e. The molecule has 4 aliphatic heterocycles. The van der Waals surface area contributed by atoms with Gasteiger partial charge in [-0.1, -0.05) is 85.0 Å². The van der Waals surface area contributed by atoms with Crippen LogP contribution < -0.4 is 10.2 Å². The highest BCUT2D eigenvalue weighted by Gasteiger charge is 2.71. The van der Waals surface area contributed by atoms with Crippen LogP contribution >= 0.6 is 0 Å². The Morgan fingerprint density at radius 3 is 2.50 bits per heavy atom. The highest BCUT2D eigenvalue weighted by atomic mass is 16.6. The molecule has 7 rings (SSSR count). The number of aliphatic hydroxyl groups is 1. The fraction of sp³-hybridized carbons (Fsp3) is 0.415. The molecule has 0 bridgehead atoms. The van der Waals surface area contributed by atoms with Crippen molar-refractivity contribution in [1.29, 1.82) is 0 Å². The molecule has 272 valence electrons. The van der Waals surface area contributed by atoms with Gasteiger partial charge in [0.2, 0.25) is 11.8 Å². The van der Waals surface area contributed by atoms with Crippen molar-refractivity contribution in [3.63, 3.8) is 0 Å². The molecular formula is C41H45N3O8.